The number of thiazole rings is 1. The van der Waals surface area contributed by atoms with Gasteiger partial charge in [0.05, 0.1) is 11.9 Å². The zero-order valence-electron chi connectivity index (χ0n) is 18.6. The monoisotopic (exact) mass is 472 g/mol. The molecule has 2 aromatic carbocycles. The first kappa shape index (κ1) is 23.9. The summed E-state index contributed by atoms with van der Waals surface area (Å²) in [6, 6.07) is 15.0. The fraction of sp³-hybridized carbons (Fsp3) is 0.304. The average Bonchev–Trinajstić information content (AvgIpc) is 3.20. The number of hydrogen-bond donors (Lipinski definition) is 2. The van der Waals surface area contributed by atoms with Gasteiger partial charge in [-0.25, -0.2) is 13.4 Å². The van der Waals surface area contributed by atoms with Crippen molar-refractivity contribution in [3.63, 3.8) is 0 Å². The molecule has 9 heteroatoms. The molecule has 170 valence electrons. The summed E-state index contributed by atoms with van der Waals surface area (Å²) < 4.78 is 25.1. The van der Waals surface area contributed by atoms with E-state index in [2.05, 4.69) is 40.7 Å². The maximum Gasteiger partial charge on any atom is 0.257 e. The van der Waals surface area contributed by atoms with Gasteiger partial charge in [-0.3, -0.25) is 19.7 Å². The molecule has 0 aliphatic carbocycles. The molecule has 1 amide bonds. The van der Waals surface area contributed by atoms with Crippen molar-refractivity contribution in [1.82, 2.24) is 9.88 Å². The van der Waals surface area contributed by atoms with E-state index in [9.17, 15) is 13.2 Å². The lowest BCUT2D eigenvalue weighted by atomic mass is 10.1. The van der Waals surface area contributed by atoms with E-state index in [1.165, 1.54) is 16.9 Å². The topological polar surface area (TPSA) is 91.4 Å². The third-order valence-electron chi connectivity index (χ3n) is 4.95. The fourth-order valence-electron chi connectivity index (χ4n) is 3.21. The van der Waals surface area contributed by atoms with Crippen molar-refractivity contribution in [1.29, 1.82) is 0 Å². The second-order valence-electron chi connectivity index (χ2n) is 7.80. The van der Waals surface area contributed by atoms with Gasteiger partial charge in [-0.05, 0) is 50.2 Å². The van der Waals surface area contributed by atoms with Crippen LogP contribution in [0.15, 0.2) is 53.9 Å². The molecule has 3 aromatic rings. The van der Waals surface area contributed by atoms with Gasteiger partial charge < -0.3 is 0 Å². The van der Waals surface area contributed by atoms with E-state index in [-0.39, 0.29) is 5.91 Å². The summed E-state index contributed by atoms with van der Waals surface area (Å²) in [5, 5.41) is 5.20. The normalized spacial score (nSPS) is 11.7. The zero-order valence-corrected chi connectivity index (χ0v) is 20.3. The van der Waals surface area contributed by atoms with Gasteiger partial charge in [0.15, 0.2) is 5.13 Å². The summed E-state index contributed by atoms with van der Waals surface area (Å²) >= 11 is 1.34. The van der Waals surface area contributed by atoms with E-state index in [0.29, 0.717) is 28.1 Å². The molecule has 3 rings (SSSR count). The molecule has 2 N–H and O–H groups in total. The van der Waals surface area contributed by atoms with Gasteiger partial charge in [0.1, 0.15) is 0 Å². The van der Waals surface area contributed by atoms with Crippen LogP contribution in [0.5, 0.6) is 0 Å². The van der Waals surface area contributed by atoms with Gasteiger partial charge in [-0.15, -0.1) is 11.3 Å². The van der Waals surface area contributed by atoms with E-state index < -0.39 is 10.0 Å². The Morgan fingerprint density at radius 2 is 1.75 bits per heavy atom. The second-order valence-corrected chi connectivity index (χ2v) is 10.4. The van der Waals surface area contributed by atoms with Crippen molar-refractivity contribution in [3.8, 4) is 11.3 Å². The number of carbonyl (C=O) groups is 1. The molecule has 0 spiro atoms. The predicted molar refractivity (Wildman–Crippen MR) is 132 cm³/mol. The van der Waals surface area contributed by atoms with Crippen LogP contribution >= 0.6 is 11.3 Å². The fourth-order valence-corrected chi connectivity index (χ4v) is 4.49. The van der Waals surface area contributed by atoms with Crippen molar-refractivity contribution >= 4 is 38.1 Å². The highest BCUT2D eigenvalue weighted by molar-refractivity contribution is 7.92. The highest BCUT2D eigenvalue weighted by atomic mass is 32.2. The third kappa shape index (κ3) is 6.62. The van der Waals surface area contributed by atoms with Gasteiger partial charge in [0, 0.05) is 34.8 Å². The maximum atomic E-state index is 12.6. The Hall–Kier alpha value is -2.75. The molecule has 0 aliphatic rings. The lowest BCUT2D eigenvalue weighted by Crippen LogP contribution is -2.29. The van der Waals surface area contributed by atoms with E-state index in [4.69, 9.17) is 0 Å². The molecule has 0 aliphatic heterocycles. The maximum absolute atomic E-state index is 12.6. The molecule has 1 heterocycles. The van der Waals surface area contributed by atoms with Gasteiger partial charge in [-0.2, -0.15) is 0 Å². The highest BCUT2D eigenvalue weighted by Crippen LogP contribution is 2.26. The third-order valence-corrected chi connectivity index (χ3v) is 6.31. The number of rotatable bonds is 9. The number of sulfonamides is 1. The van der Waals surface area contributed by atoms with Crippen LogP contribution in [0.3, 0.4) is 0 Å². The molecule has 0 unspecified atom stereocenters. The highest BCUT2D eigenvalue weighted by Gasteiger charge is 2.12. The zero-order chi connectivity index (χ0) is 23.3. The Balaban J connectivity index is 1.63. The number of anilines is 2. The minimum absolute atomic E-state index is 0.207. The SMILES string of the molecule is CCN(Cc1ccc(C(=O)Nc2nc(-c3ccc(NS(C)(=O)=O)cc3)cs2)cc1)C(C)C. The summed E-state index contributed by atoms with van der Waals surface area (Å²) in [5.74, 6) is -0.207. The van der Waals surface area contributed by atoms with Crippen LogP contribution in [0, 0.1) is 0 Å². The molecule has 7 nitrogen and oxygen atoms in total. The largest absolute Gasteiger partial charge is 0.298 e. The lowest BCUT2D eigenvalue weighted by Gasteiger charge is -2.24. The predicted octanol–water partition coefficient (Wildman–Crippen LogP) is 4.66. The molecule has 0 saturated heterocycles. The average molecular weight is 473 g/mol. The molecular formula is C23H28N4O3S2. The van der Waals surface area contributed by atoms with Crippen molar-refractivity contribution in [2.45, 2.75) is 33.4 Å². The summed E-state index contributed by atoms with van der Waals surface area (Å²) in [6.45, 7) is 8.32. The number of nitrogens with zero attached hydrogens (tertiary/aromatic N) is 2. The van der Waals surface area contributed by atoms with Crippen LogP contribution in [0.25, 0.3) is 11.3 Å². The van der Waals surface area contributed by atoms with E-state index in [1.807, 2.05) is 29.6 Å². The smallest absolute Gasteiger partial charge is 0.257 e. The summed E-state index contributed by atoms with van der Waals surface area (Å²) in [7, 11) is -3.32. The number of carbonyl (C=O) groups excluding carboxylic acids is 1. The number of benzene rings is 2. The molecular weight excluding hydrogens is 444 g/mol. The quantitative estimate of drug-likeness (QED) is 0.472. The molecule has 32 heavy (non-hydrogen) atoms. The molecule has 0 atom stereocenters. The van der Waals surface area contributed by atoms with Gasteiger partial charge in [-0.1, -0.05) is 31.2 Å². The Kier molecular flexibility index (Phi) is 7.65. The Morgan fingerprint density at radius 3 is 2.31 bits per heavy atom. The van der Waals surface area contributed by atoms with Crippen molar-refractivity contribution in [2.75, 3.05) is 22.8 Å². The number of hydrogen-bond acceptors (Lipinski definition) is 6. The standard InChI is InChI=1S/C23H28N4O3S2/c1-5-27(16(2)3)14-17-6-8-19(9-7-17)22(28)25-23-24-21(15-31-23)18-10-12-20(13-11-18)26-32(4,29)30/h6-13,15-16,26H,5,14H2,1-4H3,(H,24,25,28). The van der Waals surface area contributed by atoms with Crippen LogP contribution in [0.4, 0.5) is 10.8 Å². The van der Waals surface area contributed by atoms with Crippen LogP contribution in [0.2, 0.25) is 0 Å². The Bertz CT molecular complexity index is 1150. The first-order valence-corrected chi connectivity index (χ1v) is 13.1. The molecule has 0 radical (unpaired) electrons. The van der Waals surface area contributed by atoms with Crippen LogP contribution in [0.1, 0.15) is 36.7 Å². The second kappa shape index (κ2) is 10.2. The van der Waals surface area contributed by atoms with Gasteiger partial charge in [0.25, 0.3) is 5.91 Å². The number of aromatic nitrogens is 1. The first-order valence-electron chi connectivity index (χ1n) is 10.3. The summed E-state index contributed by atoms with van der Waals surface area (Å²) in [4.78, 5) is 19.5. The Labute approximate surface area is 193 Å². The lowest BCUT2D eigenvalue weighted by molar-refractivity contribution is 0.102. The van der Waals surface area contributed by atoms with Crippen molar-refractivity contribution < 1.29 is 13.2 Å². The van der Waals surface area contributed by atoms with E-state index in [0.717, 1.165) is 24.9 Å². The molecule has 0 bridgehead atoms. The van der Waals surface area contributed by atoms with Crippen molar-refractivity contribution in [3.05, 3.63) is 65.0 Å². The van der Waals surface area contributed by atoms with E-state index in [1.54, 1.807) is 24.3 Å². The first-order chi connectivity index (χ1) is 15.1. The van der Waals surface area contributed by atoms with Gasteiger partial charge in [0.2, 0.25) is 10.0 Å². The number of nitrogens with one attached hydrogen (secondary N) is 2. The van der Waals surface area contributed by atoms with Gasteiger partial charge >= 0.3 is 0 Å². The van der Waals surface area contributed by atoms with Crippen LogP contribution in [-0.4, -0.2) is 43.1 Å². The molecule has 0 saturated carbocycles. The minimum Gasteiger partial charge on any atom is -0.298 e. The minimum atomic E-state index is -3.32. The van der Waals surface area contributed by atoms with Crippen molar-refractivity contribution in [2.24, 2.45) is 0 Å². The Morgan fingerprint density at radius 1 is 1.09 bits per heavy atom. The van der Waals surface area contributed by atoms with Crippen LogP contribution in [-0.2, 0) is 16.6 Å². The summed E-state index contributed by atoms with van der Waals surface area (Å²) in [5.41, 5.74) is 3.77. The van der Waals surface area contributed by atoms with E-state index >= 15 is 0 Å². The van der Waals surface area contributed by atoms with Crippen LogP contribution < -0.4 is 10.0 Å². The molecule has 0 fully saturated rings. The summed E-state index contributed by atoms with van der Waals surface area (Å²) in [6.07, 6.45) is 1.11. The molecule has 1 aromatic heterocycles. The number of amides is 1.